The first kappa shape index (κ1) is 20.8. The van der Waals surface area contributed by atoms with Gasteiger partial charge < -0.3 is 15.6 Å². The van der Waals surface area contributed by atoms with Gasteiger partial charge in [0, 0.05) is 17.9 Å². The van der Waals surface area contributed by atoms with Gasteiger partial charge in [0.05, 0.1) is 10.5 Å². The van der Waals surface area contributed by atoms with Crippen LogP contribution in [-0.4, -0.2) is 25.7 Å². The summed E-state index contributed by atoms with van der Waals surface area (Å²) in [6.45, 7) is 0. The van der Waals surface area contributed by atoms with Gasteiger partial charge in [-0.2, -0.15) is 0 Å². The van der Waals surface area contributed by atoms with Gasteiger partial charge in [-0.15, -0.1) is 0 Å². The van der Waals surface area contributed by atoms with Crippen LogP contribution >= 0.6 is 0 Å². The van der Waals surface area contributed by atoms with Gasteiger partial charge in [0.25, 0.3) is 0 Å². The molecular weight excluding hydrogens is 389 g/mol. The number of sulfone groups is 1. The van der Waals surface area contributed by atoms with E-state index in [0.717, 1.165) is 12.3 Å². The quantitative estimate of drug-likeness (QED) is 0.187. The fraction of sp³-hybridized carbons (Fsp3) is 0.0556. The molecule has 0 saturated carbocycles. The average molecular weight is 405 g/mol. The fourth-order valence-electron chi connectivity index (χ4n) is 1.98. The zero-order valence-electron chi connectivity index (χ0n) is 14.6. The number of rotatable bonds is 5. The third-order valence-electron chi connectivity index (χ3n) is 3.37. The maximum absolute atomic E-state index is 14.2. The van der Waals surface area contributed by atoms with Crippen molar-refractivity contribution in [2.45, 2.75) is 4.90 Å². The molecule has 8 nitrogen and oxygen atoms in total. The number of carboxylic acids is 1. The summed E-state index contributed by atoms with van der Waals surface area (Å²) >= 11 is 0. The Labute approximate surface area is 160 Å². The molecule has 6 N–H and O–H groups in total. The van der Waals surface area contributed by atoms with Crippen LogP contribution in [0.1, 0.15) is 11.1 Å². The summed E-state index contributed by atoms with van der Waals surface area (Å²) in [5.74, 6) is 7.71. The summed E-state index contributed by atoms with van der Waals surface area (Å²) in [7, 11) is -3.38. The van der Waals surface area contributed by atoms with Crippen LogP contribution in [0.4, 0.5) is 4.39 Å². The number of nitrogens with two attached hydrogens (primary N) is 2. The van der Waals surface area contributed by atoms with Gasteiger partial charge in [0.15, 0.2) is 15.5 Å². The number of halogens is 1. The van der Waals surface area contributed by atoms with E-state index < -0.39 is 33.2 Å². The van der Waals surface area contributed by atoms with Crippen LogP contribution in [-0.2, 0) is 14.6 Å². The van der Waals surface area contributed by atoms with Crippen molar-refractivity contribution in [2.75, 3.05) is 6.26 Å². The molecule has 0 spiro atoms. The van der Waals surface area contributed by atoms with Crippen molar-refractivity contribution < 1.29 is 27.4 Å². The smallest absolute Gasteiger partial charge is 0.357 e. The van der Waals surface area contributed by atoms with E-state index >= 15 is 0 Å². The number of carbonyl (C=O) groups is 1. The lowest BCUT2D eigenvalue weighted by molar-refractivity contribution is -0.132. The second-order valence-corrected chi connectivity index (χ2v) is 7.50. The predicted octanol–water partition coefficient (Wildman–Crippen LogP) is 0.683. The topological polar surface area (TPSA) is 145 Å². The average Bonchev–Trinajstić information content (AvgIpc) is 2.64. The minimum Gasteiger partial charge on any atom is -0.476 e. The van der Waals surface area contributed by atoms with E-state index in [0.29, 0.717) is 5.56 Å². The highest BCUT2D eigenvalue weighted by atomic mass is 32.2. The van der Waals surface area contributed by atoms with Gasteiger partial charge in [-0.3, -0.25) is 5.43 Å². The van der Waals surface area contributed by atoms with E-state index in [1.807, 2.05) is 5.43 Å². The maximum atomic E-state index is 14.2. The van der Waals surface area contributed by atoms with Crippen LogP contribution in [0.25, 0.3) is 0 Å². The lowest BCUT2D eigenvalue weighted by Gasteiger charge is -2.10. The largest absolute Gasteiger partial charge is 0.476 e. The second-order valence-electron chi connectivity index (χ2n) is 5.49. The van der Waals surface area contributed by atoms with Crippen molar-refractivity contribution in [1.82, 2.24) is 5.43 Å². The fourth-order valence-corrected chi connectivity index (χ4v) is 2.65. The van der Waals surface area contributed by atoms with E-state index in [4.69, 9.17) is 21.4 Å². The van der Waals surface area contributed by atoms with Crippen molar-refractivity contribution in [1.29, 1.82) is 0 Å². The molecule has 28 heavy (non-hydrogen) atoms. The number of carboxylic acid groups (broad SMARTS) is 1. The van der Waals surface area contributed by atoms with Crippen LogP contribution in [0.3, 0.4) is 0 Å². The minimum absolute atomic E-state index is 0.0227. The molecule has 0 aliphatic carbocycles. The second kappa shape index (κ2) is 8.43. The number of hydrogen-bond donors (Lipinski definition) is 4. The van der Waals surface area contributed by atoms with Crippen molar-refractivity contribution in [3.8, 4) is 17.6 Å². The molecule has 2 aromatic carbocycles. The van der Waals surface area contributed by atoms with Gasteiger partial charge in [-0.25, -0.2) is 23.4 Å². The van der Waals surface area contributed by atoms with E-state index in [1.165, 1.54) is 30.3 Å². The molecule has 0 heterocycles. The Bertz CT molecular complexity index is 1120. The summed E-state index contributed by atoms with van der Waals surface area (Å²) in [5, 5.41) is 8.82. The number of aliphatic carboxylic acids is 1. The Morgan fingerprint density at radius 2 is 1.93 bits per heavy atom. The lowest BCUT2D eigenvalue weighted by atomic mass is 10.1. The molecule has 0 aliphatic rings. The van der Waals surface area contributed by atoms with E-state index in [2.05, 4.69) is 11.8 Å². The third-order valence-corrected chi connectivity index (χ3v) is 4.48. The van der Waals surface area contributed by atoms with Crippen molar-refractivity contribution in [3.05, 3.63) is 71.0 Å². The molecule has 0 saturated heterocycles. The molecule has 0 unspecified atom stereocenters. The Morgan fingerprint density at radius 3 is 2.50 bits per heavy atom. The van der Waals surface area contributed by atoms with Crippen LogP contribution in [0.2, 0.25) is 0 Å². The molecular formula is C18H16FN3O5S. The summed E-state index contributed by atoms with van der Waals surface area (Å²) in [6, 6.07) is 9.58. The highest BCUT2D eigenvalue weighted by molar-refractivity contribution is 7.90. The van der Waals surface area contributed by atoms with Gasteiger partial charge >= 0.3 is 5.97 Å². The molecule has 0 atom stereocenters. The summed E-state index contributed by atoms with van der Waals surface area (Å²) in [6.07, 6.45) is 1.08. The Hall–Kier alpha value is -3.55. The molecule has 0 bridgehead atoms. The summed E-state index contributed by atoms with van der Waals surface area (Å²) < 4.78 is 42.5. The van der Waals surface area contributed by atoms with Gasteiger partial charge in [-0.05, 0) is 30.3 Å². The monoisotopic (exact) mass is 405 g/mol. The standard InChI is InChI=1S/C18H16FN3O5S/c1-28(25,26)14-4-2-3-11(9-14)5-6-12-7-8-13(10-15(12)19)27-17(22-21)16(20)18(23)24/h2-4,7-10,22H,20-21H2,1H3,(H,23,24)/b17-16+. The number of hydrogen-bond acceptors (Lipinski definition) is 7. The van der Waals surface area contributed by atoms with Gasteiger partial charge in [-0.1, -0.05) is 17.9 Å². The number of benzene rings is 2. The van der Waals surface area contributed by atoms with E-state index in [-0.39, 0.29) is 16.2 Å². The number of hydrazine groups is 1. The maximum Gasteiger partial charge on any atom is 0.357 e. The van der Waals surface area contributed by atoms with Crippen LogP contribution in [0, 0.1) is 17.7 Å². The van der Waals surface area contributed by atoms with Crippen LogP contribution in [0.5, 0.6) is 5.75 Å². The molecule has 0 amide bonds. The van der Waals surface area contributed by atoms with E-state index in [9.17, 15) is 17.6 Å². The van der Waals surface area contributed by atoms with Crippen LogP contribution < -0.4 is 21.7 Å². The third kappa shape index (κ3) is 5.23. The highest BCUT2D eigenvalue weighted by Gasteiger charge is 2.13. The molecule has 0 radical (unpaired) electrons. The predicted molar refractivity (Wildman–Crippen MR) is 98.7 cm³/mol. The lowest BCUT2D eigenvalue weighted by Crippen LogP contribution is -2.31. The number of nitrogens with one attached hydrogen (secondary N) is 1. The number of ether oxygens (including phenoxy) is 1. The Kier molecular flexibility index (Phi) is 6.25. The molecule has 146 valence electrons. The Morgan fingerprint density at radius 1 is 1.21 bits per heavy atom. The van der Waals surface area contributed by atoms with Crippen LogP contribution in [0.15, 0.2) is 58.9 Å². The van der Waals surface area contributed by atoms with Gasteiger partial charge in [0.1, 0.15) is 11.6 Å². The normalized spacial score (nSPS) is 11.7. The summed E-state index contributed by atoms with van der Waals surface area (Å²) in [4.78, 5) is 10.9. The summed E-state index contributed by atoms with van der Waals surface area (Å²) in [5.41, 5.74) is 7.01. The molecule has 0 aromatic heterocycles. The zero-order chi connectivity index (χ0) is 20.9. The molecule has 2 aromatic rings. The van der Waals surface area contributed by atoms with Crippen molar-refractivity contribution in [2.24, 2.45) is 11.6 Å². The molecule has 10 heteroatoms. The first-order valence-corrected chi connectivity index (χ1v) is 9.50. The van der Waals surface area contributed by atoms with Crippen molar-refractivity contribution in [3.63, 3.8) is 0 Å². The SMILES string of the molecule is CS(=O)(=O)c1cccc(C#Cc2ccc(O/C(NN)=C(/N)C(=O)O)cc2F)c1. The zero-order valence-corrected chi connectivity index (χ0v) is 15.4. The van der Waals surface area contributed by atoms with Gasteiger partial charge in [0.2, 0.25) is 5.88 Å². The Balaban J connectivity index is 2.29. The molecule has 0 fully saturated rings. The molecule has 0 aliphatic heterocycles. The van der Waals surface area contributed by atoms with Crippen molar-refractivity contribution >= 4 is 15.8 Å². The first-order chi connectivity index (χ1) is 13.1. The molecule has 2 rings (SSSR count). The first-order valence-electron chi connectivity index (χ1n) is 7.61. The highest BCUT2D eigenvalue weighted by Crippen LogP contribution is 2.18. The minimum atomic E-state index is -3.38. The van der Waals surface area contributed by atoms with E-state index in [1.54, 1.807) is 6.07 Å².